The Morgan fingerprint density at radius 1 is 1.12 bits per heavy atom. The van der Waals surface area contributed by atoms with Gasteiger partial charge in [-0.2, -0.15) is 0 Å². The first-order valence-corrected chi connectivity index (χ1v) is 4.10. The molecular weight excluding hydrogens is 171 g/mol. The van der Waals surface area contributed by atoms with Crippen molar-refractivity contribution >= 4 is 15.9 Å². The molecule has 0 N–H and O–H groups in total. The molecule has 0 aromatic rings. The van der Waals surface area contributed by atoms with Crippen molar-refractivity contribution in [3.05, 3.63) is 0 Å². The Morgan fingerprint density at radius 3 is 2.12 bits per heavy atom. The van der Waals surface area contributed by atoms with Crippen LogP contribution in [0.25, 0.3) is 0 Å². The van der Waals surface area contributed by atoms with Gasteiger partial charge in [0.1, 0.15) is 0 Å². The highest BCUT2D eigenvalue weighted by molar-refractivity contribution is 9.09. The van der Waals surface area contributed by atoms with Gasteiger partial charge in [-0.25, -0.2) is 0 Å². The topological polar surface area (TPSA) is 0 Å². The van der Waals surface area contributed by atoms with Crippen LogP contribution in [0.5, 0.6) is 0 Å². The summed E-state index contributed by atoms with van der Waals surface area (Å²) >= 11 is 3.38. The molecule has 52 valence electrons. The zero-order valence-corrected chi connectivity index (χ0v) is 6.91. The standard InChI is InChI=1S/C6H13Br.FH/c1-2-3-4-5-6-7;/h2-6H2,1H3;1H. The summed E-state index contributed by atoms with van der Waals surface area (Å²) < 4.78 is 0. The third kappa shape index (κ3) is 9.65. The highest BCUT2D eigenvalue weighted by atomic mass is 79.9. The van der Waals surface area contributed by atoms with Crippen molar-refractivity contribution in [2.75, 3.05) is 5.33 Å². The lowest BCUT2D eigenvalue weighted by Crippen LogP contribution is -1.73. The van der Waals surface area contributed by atoms with Crippen LogP contribution in [0.3, 0.4) is 0 Å². The minimum atomic E-state index is 0. The summed E-state index contributed by atoms with van der Waals surface area (Å²) in [5.41, 5.74) is 0. The van der Waals surface area contributed by atoms with Crippen molar-refractivity contribution in [2.45, 2.75) is 32.6 Å². The predicted molar refractivity (Wildman–Crippen MR) is 40.4 cm³/mol. The molecule has 0 aliphatic rings. The minimum Gasteiger partial charge on any atom is -0.269 e. The van der Waals surface area contributed by atoms with Crippen molar-refractivity contribution in [2.24, 2.45) is 0 Å². The van der Waals surface area contributed by atoms with Gasteiger partial charge in [0.2, 0.25) is 0 Å². The van der Waals surface area contributed by atoms with E-state index in [1.54, 1.807) is 0 Å². The van der Waals surface area contributed by atoms with Crippen molar-refractivity contribution in [3.63, 3.8) is 0 Å². The van der Waals surface area contributed by atoms with Crippen LogP contribution < -0.4 is 0 Å². The Kier molecular flexibility index (Phi) is 14.6. The number of halogens is 2. The van der Waals surface area contributed by atoms with Gasteiger partial charge in [-0.15, -0.1) is 0 Å². The molecule has 0 saturated heterocycles. The third-order valence-electron chi connectivity index (χ3n) is 0.987. The molecular formula is C6H14BrF. The molecule has 2 heteroatoms. The van der Waals surface area contributed by atoms with Gasteiger partial charge in [0.05, 0.1) is 0 Å². The molecule has 0 fully saturated rings. The Bertz CT molecular complexity index is 27.7. The van der Waals surface area contributed by atoms with E-state index in [2.05, 4.69) is 22.9 Å². The van der Waals surface area contributed by atoms with Crippen LogP contribution in [0.15, 0.2) is 0 Å². The Labute approximate surface area is 59.2 Å². The van der Waals surface area contributed by atoms with E-state index in [9.17, 15) is 0 Å². The van der Waals surface area contributed by atoms with Crippen LogP contribution in [0.4, 0.5) is 4.70 Å². The van der Waals surface area contributed by atoms with Gasteiger partial charge >= 0.3 is 0 Å². The lowest BCUT2D eigenvalue weighted by Gasteiger charge is -1.89. The third-order valence-corrected chi connectivity index (χ3v) is 1.55. The maximum Gasteiger partial charge on any atom is 0.00313 e. The predicted octanol–water partition coefficient (Wildman–Crippen LogP) is 3.11. The quantitative estimate of drug-likeness (QED) is 0.466. The van der Waals surface area contributed by atoms with Crippen LogP contribution >= 0.6 is 15.9 Å². The lowest BCUT2D eigenvalue weighted by atomic mass is 10.2. The van der Waals surface area contributed by atoms with Crippen molar-refractivity contribution < 1.29 is 4.70 Å². The molecule has 8 heavy (non-hydrogen) atoms. The molecule has 0 atom stereocenters. The van der Waals surface area contributed by atoms with E-state index in [0.29, 0.717) is 0 Å². The fraction of sp³-hybridized carbons (Fsp3) is 1.00. The Morgan fingerprint density at radius 2 is 1.75 bits per heavy atom. The zero-order chi connectivity index (χ0) is 5.54. The van der Waals surface area contributed by atoms with Gasteiger partial charge in [0, 0.05) is 5.33 Å². The number of hydrogen-bond acceptors (Lipinski definition) is 0. The molecule has 0 aliphatic heterocycles. The Balaban J connectivity index is 0. The van der Waals surface area contributed by atoms with Crippen molar-refractivity contribution in [1.82, 2.24) is 0 Å². The molecule has 0 radical (unpaired) electrons. The SMILES string of the molecule is CCCCCCBr.F. The van der Waals surface area contributed by atoms with E-state index in [1.165, 1.54) is 31.0 Å². The van der Waals surface area contributed by atoms with Crippen LogP contribution in [-0.2, 0) is 0 Å². The normalized spacial score (nSPS) is 8.25. The number of rotatable bonds is 4. The zero-order valence-electron chi connectivity index (χ0n) is 5.32. The maximum absolute atomic E-state index is 3.38. The molecule has 0 heterocycles. The molecule has 0 saturated carbocycles. The molecule has 0 aromatic carbocycles. The van der Waals surface area contributed by atoms with E-state index >= 15 is 0 Å². The minimum absolute atomic E-state index is 0. The molecule has 0 aromatic heterocycles. The molecule has 0 amide bonds. The first-order chi connectivity index (χ1) is 3.41. The molecule has 0 bridgehead atoms. The van der Waals surface area contributed by atoms with Gasteiger partial charge in [-0.3, -0.25) is 4.70 Å². The van der Waals surface area contributed by atoms with Crippen LogP contribution in [0.2, 0.25) is 0 Å². The van der Waals surface area contributed by atoms with E-state index in [1.807, 2.05) is 0 Å². The van der Waals surface area contributed by atoms with Crippen LogP contribution in [-0.4, -0.2) is 5.33 Å². The highest BCUT2D eigenvalue weighted by Gasteiger charge is 1.81. The molecule has 0 unspecified atom stereocenters. The van der Waals surface area contributed by atoms with E-state index in [-0.39, 0.29) is 4.70 Å². The fourth-order valence-electron chi connectivity index (χ4n) is 0.521. The lowest BCUT2D eigenvalue weighted by molar-refractivity contribution is 0.708. The second-order valence-electron chi connectivity index (χ2n) is 1.75. The van der Waals surface area contributed by atoms with Gasteiger partial charge in [-0.1, -0.05) is 42.1 Å². The largest absolute Gasteiger partial charge is 0.269 e. The van der Waals surface area contributed by atoms with Gasteiger partial charge in [0.25, 0.3) is 0 Å². The second kappa shape index (κ2) is 10.4. The highest BCUT2D eigenvalue weighted by Crippen LogP contribution is 1.99. The summed E-state index contributed by atoms with van der Waals surface area (Å²) in [5.74, 6) is 0. The van der Waals surface area contributed by atoms with Gasteiger partial charge in [-0.05, 0) is 6.42 Å². The number of unbranched alkanes of at least 4 members (excludes halogenated alkanes) is 3. The van der Waals surface area contributed by atoms with E-state index < -0.39 is 0 Å². The first-order valence-electron chi connectivity index (χ1n) is 2.97. The molecule has 0 aliphatic carbocycles. The average molecular weight is 185 g/mol. The van der Waals surface area contributed by atoms with E-state index in [0.717, 1.165) is 0 Å². The van der Waals surface area contributed by atoms with Gasteiger partial charge in [0.15, 0.2) is 0 Å². The summed E-state index contributed by atoms with van der Waals surface area (Å²) in [5, 5.41) is 1.17. The summed E-state index contributed by atoms with van der Waals surface area (Å²) in [7, 11) is 0. The van der Waals surface area contributed by atoms with Crippen molar-refractivity contribution in [3.8, 4) is 0 Å². The number of hydrogen-bond donors (Lipinski definition) is 0. The maximum atomic E-state index is 3.38. The summed E-state index contributed by atoms with van der Waals surface area (Å²) in [6.07, 6.45) is 5.47. The van der Waals surface area contributed by atoms with Gasteiger partial charge < -0.3 is 0 Å². The fourth-order valence-corrected chi connectivity index (χ4v) is 0.918. The number of alkyl halides is 1. The first kappa shape index (κ1) is 11.2. The molecule has 0 spiro atoms. The second-order valence-corrected chi connectivity index (χ2v) is 2.54. The van der Waals surface area contributed by atoms with Crippen molar-refractivity contribution in [1.29, 1.82) is 0 Å². The summed E-state index contributed by atoms with van der Waals surface area (Å²) in [4.78, 5) is 0. The van der Waals surface area contributed by atoms with Crippen LogP contribution in [0.1, 0.15) is 32.6 Å². The Hall–Kier alpha value is 0.410. The molecule has 0 nitrogen and oxygen atoms in total. The average Bonchev–Trinajstić information content (AvgIpc) is 1.69. The van der Waals surface area contributed by atoms with E-state index in [4.69, 9.17) is 0 Å². The summed E-state index contributed by atoms with van der Waals surface area (Å²) in [6, 6.07) is 0. The summed E-state index contributed by atoms with van der Waals surface area (Å²) in [6.45, 7) is 2.23. The smallest absolute Gasteiger partial charge is 0.00313 e. The monoisotopic (exact) mass is 184 g/mol. The molecule has 0 rings (SSSR count). The van der Waals surface area contributed by atoms with Crippen LogP contribution in [0, 0.1) is 0 Å².